The molecule has 2 aliphatic rings. The first-order chi connectivity index (χ1) is 6.64. The lowest BCUT2D eigenvalue weighted by molar-refractivity contribution is 0.0798. The van der Waals surface area contributed by atoms with Crippen LogP contribution in [0.15, 0.2) is 4.99 Å². The standard InChI is InChI=1S/C8H14N4O2/c9-12-6-10-5-8(12)1-3-11(4-2-8)7(13)14/h5H,1-4,6,9H2,(H,13,14). The quantitative estimate of drug-likeness (QED) is 0.524. The Bertz CT molecular complexity index is 271. The van der Waals surface area contributed by atoms with Crippen LogP contribution >= 0.6 is 0 Å². The van der Waals surface area contributed by atoms with Crippen molar-refractivity contribution in [2.45, 2.75) is 18.4 Å². The number of nitrogens with two attached hydrogens (primary N) is 1. The monoisotopic (exact) mass is 198 g/mol. The van der Waals surface area contributed by atoms with E-state index in [4.69, 9.17) is 10.9 Å². The van der Waals surface area contributed by atoms with Gasteiger partial charge in [-0.05, 0) is 12.8 Å². The molecule has 3 N–H and O–H groups in total. The van der Waals surface area contributed by atoms with E-state index in [2.05, 4.69) is 4.99 Å². The van der Waals surface area contributed by atoms with Crippen molar-refractivity contribution in [2.24, 2.45) is 10.8 Å². The molecule has 6 nitrogen and oxygen atoms in total. The van der Waals surface area contributed by atoms with E-state index < -0.39 is 6.09 Å². The molecular weight excluding hydrogens is 184 g/mol. The second-order valence-corrected chi connectivity index (χ2v) is 3.80. The van der Waals surface area contributed by atoms with Gasteiger partial charge in [0.05, 0.1) is 5.54 Å². The second-order valence-electron chi connectivity index (χ2n) is 3.80. The Balaban J connectivity index is 2.01. The Labute approximate surface area is 82.0 Å². The zero-order valence-electron chi connectivity index (χ0n) is 7.89. The topological polar surface area (TPSA) is 82.2 Å². The number of hydrazine groups is 1. The molecule has 14 heavy (non-hydrogen) atoms. The van der Waals surface area contributed by atoms with Gasteiger partial charge in [0.1, 0.15) is 6.67 Å². The number of hydrogen-bond donors (Lipinski definition) is 2. The molecule has 1 saturated heterocycles. The van der Waals surface area contributed by atoms with E-state index in [-0.39, 0.29) is 5.54 Å². The normalized spacial score (nSPS) is 25.9. The predicted molar refractivity (Wildman–Crippen MR) is 50.9 cm³/mol. The predicted octanol–water partition coefficient (Wildman–Crippen LogP) is -0.283. The van der Waals surface area contributed by atoms with Gasteiger partial charge in [0.15, 0.2) is 0 Å². The molecule has 78 valence electrons. The minimum atomic E-state index is -0.849. The van der Waals surface area contributed by atoms with Crippen molar-refractivity contribution >= 4 is 12.3 Å². The first-order valence-corrected chi connectivity index (χ1v) is 4.65. The van der Waals surface area contributed by atoms with Crippen molar-refractivity contribution < 1.29 is 9.90 Å². The van der Waals surface area contributed by atoms with Crippen molar-refractivity contribution in [3.05, 3.63) is 0 Å². The van der Waals surface area contributed by atoms with Crippen molar-refractivity contribution in [3.8, 4) is 0 Å². The molecule has 0 aliphatic carbocycles. The highest BCUT2D eigenvalue weighted by molar-refractivity contribution is 5.73. The molecule has 6 heteroatoms. The number of carboxylic acid groups (broad SMARTS) is 1. The molecule has 1 amide bonds. The van der Waals surface area contributed by atoms with E-state index in [1.165, 1.54) is 4.90 Å². The summed E-state index contributed by atoms with van der Waals surface area (Å²) in [7, 11) is 0. The highest BCUT2D eigenvalue weighted by Gasteiger charge is 2.40. The molecule has 0 aromatic rings. The maximum atomic E-state index is 10.7. The van der Waals surface area contributed by atoms with Crippen LogP contribution in [0.25, 0.3) is 0 Å². The highest BCUT2D eigenvalue weighted by atomic mass is 16.4. The third kappa shape index (κ3) is 1.36. The summed E-state index contributed by atoms with van der Waals surface area (Å²) >= 11 is 0. The van der Waals surface area contributed by atoms with Crippen LogP contribution in [-0.4, -0.2) is 52.6 Å². The minimum absolute atomic E-state index is 0.189. The average Bonchev–Trinajstić information content (AvgIpc) is 2.49. The number of aliphatic imine (C=N–C) groups is 1. The van der Waals surface area contributed by atoms with Crippen LogP contribution in [0.2, 0.25) is 0 Å². The van der Waals surface area contributed by atoms with Gasteiger partial charge in [0, 0.05) is 19.3 Å². The third-order valence-corrected chi connectivity index (χ3v) is 3.04. The molecule has 0 saturated carbocycles. The Morgan fingerprint density at radius 3 is 2.57 bits per heavy atom. The summed E-state index contributed by atoms with van der Waals surface area (Å²) < 4.78 is 0. The largest absolute Gasteiger partial charge is 0.465 e. The number of nitrogens with zero attached hydrogens (tertiary/aromatic N) is 3. The summed E-state index contributed by atoms with van der Waals surface area (Å²) in [6.07, 6.45) is 2.49. The Kier molecular flexibility index (Phi) is 2.16. The molecule has 0 bridgehead atoms. The third-order valence-electron chi connectivity index (χ3n) is 3.04. The summed E-state index contributed by atoms with van der Waals surface area (Å²) in [5.74, 6) is 5.81. The molecule has 1 spiro atoms. The summed E-state index contributed by atoms with van der Waals surface area (Å²) in [4.78, 5) is 16.2. The van der Waals surface area contributed by atoms with Gasteiger partial charge in [0.25, 0.3) is 0 Å². The second kappa shape index (κ2) is 3.21. The van der Waals surface area contributed by atoms with Crippen LogP contribution in [0, 0.1) is 0 Å². The number of rotatable bonds is 0. The highest BCUT2D eigenvalue weighted by Crippen LogP contribution is 2.28. The van der Waals surface area contributed by atoms with Crippen LogP contribution in [-0.2, 0) is 0 Å². The Hall–Kier alpha value is -1.14. The van der Waals surface area contributed by atoms with E-state index in [0.717, 1.165) is 12.8 Å². The smallest absolute Gasteiger partial charge is 0.407 e. The van der Waals surface area contributed by atoms with Crippen LogP contribution in [0.1, 0.15) is 12.8 Å². The van der Waals surface area contributed by atoms with Gasteiger partial charge in [-0.2, -0.15) is 0 Å². The molecule has 0 radical (unpaired) electrons. The molecular formula is C8H14N4O2. The van der Waals surface area contributed by atoms with Crippen LogP contribution < -0.4 is 5.84 Å². The Morgan fingerprint density at radius 2 is 2.14 bits per heavy atom. The van der Waals surface area contributed by atoms with E-state index in [9.17, 15) is 4.79 Å². The van der Waals surface area contributed by atoms with E-state index in [1.807, 2.05) is 6.21 Å². The lowest BCUT2D eigenvalue weighted by Crippen LogP contribution is -2.57. The van der Waals surface area contributed by atoms with Crippen molar-refractivity contribution in [1.82, 2.24) is 9.91 Å². The summed E-state index contributed by atoms with van der Waals surface area (Å²) in [5.41, 5.74) is -0.189. The summed E-state index contributed by atoms with van der Waals surface area (Å²) in [6.45, 7) is 1.59. The SMILES string of the molecule is NN1CN=CC12CCN(C(=O)O)CC2. The first-order valence-electron chi connectivity index (χ1n) is 4.65. The average molecular weight is 198 g/mol. The molecule has 0 aromatic carbocycles. The van der Waals surface area contributed by atoms with Gasteiger partial charge < -0.3 is 10.0 Å². The maximum absolute atomic E-state index is 10.7. The first kappa shape index (κ1) is 9.42. The fourth-order valence-electron chi connectivity index (χ4n) is 2.02. The van der Waals surface area contributed by atoms with Crippen LogP contribution in [0.4, 0.5) is 4.79 Å². The number of likely N-dealkylation sites (tertiary alicyclic amines) is 1. The molecule has 0 atom stereocenters. The molecule has 2 aliphatic heterocycles. The van der Waals surface area contributed by atoms with Gasteiger partial charge in [-0.1, -0.05) is 0 Å². The number of amides is 1. The minimum Gasteiger partial charge on any atom is -0.465 e. The van der Waals surface area contributed by atoms with Gasteiger partial charge in [-0.3, -0.25) is 10.8 Å². The van der Waals surface area contributed by atoms with Gasteiger partial charge in [-0.15, -0.1) is 0 Å². The molecule has 1 fully saturated rings. The van der Waals surface area contributed by atoms with E-state index >= 15 is 0 Å². The Morgan fingerprint density at radius 1 is 1.50 bits per heavy atom. The lowest BCUT2D eigenvalue weighted by Gasteiger charge is -2.40. The van der Waals surface area contributed by atoms with Gasteiger partial charge >= 0.3 is 6.09 Å². The fraction of sp³-hybridized carbons (Fsp3) is 0.750. The van der Waals surface area contributed by atoms with Gasteiger partial charge in [-0.25, -0.2) is 9.80 Å². The van der Waals surface area contributed by atoms with Crippen molar-refractivity contribution in [1.29, 1.82) is 0 Å². The van der Waals surface area contributed by atoms with E-state index in [0.29, 0.717) is 19.8 Å². The molecule has 0 aromatic heterocycles. The number of hydrogen-bond acceptors (Lipinski definition) is 4. The lowest BCUT2D eigenvalue weighted by atomic mass is 9.89. The van der Waals surface area contributed by atoms with Crippen molar-refractivity contribution in [2.75, 3.05) is 19.8 Å². The zero-order chi connectivity index (χ0) is 10.2. The summed E-state index contributed by atoms with van der Waals surface area (Å²) in [6, 6.07) is 0. The number of carbonyl (C=O) groups is 1. The fourth-order valence-corrected chi connectivity index (χ4v) is 2.02. The zero-order valence-corrected chi connectivity index (χ0v) is 7.89. The van der Waals surface area contributed by atoms with E-state index in [1.54, 1.807) is 5.01 Å². The molecule has 2 rings (SSSR count). The van der Waals surface area contributed by atoms with Gasteiger partial charge in [0.2, 0.25) is 0 Å². The molecule has 0 unspecified atom stereocenters. The number of piperidine rings is 1. The molecule has 2 heterocycles. The van der Waals surface area contributed by atoms with Crippen molar-refractivity contribution in [3.63, 3.8) is 0 Å². The summed E-state index contributed by atoms with van der Waals surface area (Å²) in [5, 5.41) is 10.5. The van der Waals surface area contributed by atoms with Crippen LogP contribution in [0.5, 0.6) is 0 Å². The van der Waals surface area contributed by atoms with Crippen LogP contribution in [0.3, 0.4) is 0 Å². The maximum Gasteiger partial charge on any atom is 0.407 e.